The molecule has 2 rings (SSSR count). The van der Waals surface area contributed by atoms with Gasteiger partial charge in [-0.3, -0.25) is 14.5 Å². The lowest BCUT2D eigenvalue weighted by Crippen LogP contribution is -2.67. The van der Waals surface area contributed by atoms with Crippen LogP contribution in [-0.2, 0) is 14.3 Å². The number of Topliss-reactive ketones (excluding diaryl/α,β-unsaturated/α-hetero) is 1. The molecule has 1 aliphatic heterocycles. The summed E-state index contributed by atoms with van der Waals surface area (Å²) in [6.07, 6.45) is 0.354. The Labute approximate surface area is 181 Å². The second-order valence-corrected chi connectivity index (χ2v) is 7.38. The largest absolute Gasteiger partial charge is 0.482 e. The first-order valence-electron chi connectivity index (χ1n) is 10.5. The van der Waals surface area contributed by atoms with Crippen molar-refractivity contribution >= 4 is 23.8 Å². The standard InChI is InChI=1S/C22H30N2O7/c1-4-23-20(27)22(12-6-7-13-24(22)21(28)29)15(3)19(26)16-8-10-17(11-9-16)31-14-18(25)30-5-2/h8-11,15H,4-7,12-14H2,1-3H3,(H,23,27)(H,28,29). The zero-order chi connectivity index (χ0) is 23.0. The lowest BCUT2D eigenvalue weighted by atomic mass is 9.73. The molecule has 1 aromatic rings. The first-order chi connectivity index (χ1) is 14.8. The normalized spacial score (nSPS) is 19.3. The number of hydrogen-bond acceptors (Lipinski definition) is 6. The molecule has 0 spiro atoms. The van der Waals surface area contributed by atoms with Gasteiger partial charge in [-0.15, -0.1) is 0 Å². The molecular weight excluding hydrogens is 404 g/mol. The summed E-state index contributed by atoms with van der Waals surface area (Å²) in [5.41, 5.74) is -1.13. The molecule has 0 aliphatic carbocycles. The highest BCUT2D eigenvalue weighted by molar-refractivity contribution is 6.04. The van der Waals surface area contributed by atoms with Gasteiger partial charge < -0.3 is 19.9 Å². The van der Waals surface area contributed by atoms with Gasteiger partial charge in [0.1, 0.15) is 11.3 Å². The minimum absolute atomic E-state index is 0.199. The Hall–Kier alpha value is -3.10. The molecule has 1 heterocycles. The molecule has 9 nitrogen and oxygen atoms in total. The maximum absolute atomic E-state index is 13.3. The van der Waals surface area contributed by atoms with E-state index in [1.54, 1.807) is 45.0 Å². The number of nitrogens with zero attached hydrogens (tertiary/aromatic N) is 1. The summed E-state index contributed by atoms with van der Waals surface area (Å²) < 4.78 is 10.1. The number of carbonyl (C=O) groups is 4. The van der Waals surface area contributed by atoms with E-state index in [9.17, 15) is 24.3 Å². The molecule has 1 aliphatic rings. The fourth-order valence-corrected chi connectivity index (χ4v) is 3.99. The summed E-state index contributed by atoms with van der Waals surface area (Å²) in [6.45, 7) is 5.60. The second kappa shape index (κ2) is 10.8. The minimum Gasteiger partial charge on any atom is -0.482 e. The van der Waals surface area contributed by atoms with E-state index >= 15 is 0 Å². The Morgan fingerprint density at radius 1 is 1.16 bits per heavy atom. The van der Waals surface area contributed by atoms with Crippen LogP contribution in [-0.4, -0.2) is 65.6 Å². The van der Waals surface area contributed by atoms with Gasteiger partial charge in [-0.1, -0.05) is 6.92 Å². The highest BCUT2D eigenvalue weighted by Crippen LogP contribution is 2.37. The molecule has 2 atom stereocenters. The molecular formula is C22H30N2O7. The zero-order valence-electron chi connectivity index (χ0n) is 18.2. The molecule has 0 saturated carbocycles. The highest BCUT2D eigenvalue weighted by atomic mass is 16.6. The molecule has 2 unspecified atom stereocenters. The van der Waals surface area contributed by atoms with Crippen LogP contribution in [0.3, 0.4) is 0 Å². The van der Waals surface area contributed by atoms with Gasteiger partial charge >= 0.3 is 12.1 Å². The third-order valence-corrected chi connectivity index (χ3v) is 5.54. The number of esters is 1. The third kappa shape index (κ3) is 5.34. The number of piperidine rings is 1. The van der Waals surface area contributed by atoms with Crippen LogP contribution in [0.5, 0.6) is 5.75 Å². The maximum Gasteiger partial charge on any atom is 0.408 e. The van der Waals surface area contributed by atoms with Crippen molar-refractivity contribution in [1.29, 1.82) is 0 Å². The number of ketones is 1. The number of likely N-dealkylation sites (tertiary alicyclic amines) is 1. The van der Waals surface area contributed by atoms with E-state index in [2.05, 4.69) is 5.32 Å². The Morgan fingerprint density at radius 2 is 1.84 bits per heavy atom. The number of benzene rings is 1. The predicted octanol–water partition coefficient (Wildman–Crippen LogP) is 2.49. The first kappa shape index (κ1) is 24.2. The lowest BCUT2D eigenvalue weighted by molar-refractivity contribution is -0.145. The number of rotatable bonds is 9. The summed E-state index contributed by atoms with van der Waals surface area (Å²) in [6, 6.07) is 6.18. The summed E-state index contributed by atoms with van der Waals surface area (Å²) in [5.74, 6) is -1.78. The van der Waals surface area contributed by atoms with Gasteiger partial charge in [0.25, 0.3) is 0 Å². The van der Waals surface area contributed by atoms with Crippen LogP contribution >= 0.6 is 0 Å². The predicted molar refractivity (Wildman–Crippen MR) is 112 cm³/mol. The lowest BCUT2D eigenvalue weighted by Gasteiger charge is -2.47. The summed E-state index contributed by atoms with van der Waals surface area (Å²) in [5, 5.41) is 12.5. The van der Waals surface area contributed by atoms with Crippen LogP contribution in [0.4, 0.5) is 4.79 Å². The average Bonchev–Trinajstić information content (AvgIpc) is 2.77. The molecule has 31 heavy (non-hydrogen) atoms. The van der Waals surface area contributed by atoms with Crippen LogP contribution in [0.2, 0.25) is 0 Å². The summed E-state index contributed by atoms with van der Waals surface area (Å²) in [7, 11) is 0. The molecule has 0 bridgehead atoms. The average molecular weight is 434 g/mol. The van der Waals surface area contributed by atoms with Gasteiger partial charge in [0.15, 0.2) is 12.4 Å². The SMILES string of the molecule is CCNC(=O)C1(C(C)C(=O)c2ccc(OCC(=O)OCC)cc2)CCCCN1C(=O)O. The van der Waals surface area contributed by atoms with E-state index in [0.29, 0.717) is 30.7 Å². The Morgan fingerprint density at radius 3 is 2.42 bits per heavy atom. The van der Waals surface area contributed by atoms with Gasteiger partial charge in [-0.25, -0.2) is 9.59 Å². The van der Waals surface area contributed by atoms with E-state index in [4.69, 9.17) is 9.47 Å². The van der Waals surface area contributed by atoms with Crippen LogP contribution in [0.25, 0.3) is 0 Å². The number of ether oxygens (including phenoxy) is 2. The van der Waals surface area contributed by atoms with Crippen molar-refractivity contribution in [3.8, 4) is 5.75 Å². The van der Waals surface area contributed by atoms with Crippen molar-refractivity contribution in [1.82, 2.24) is 10.2 Å². The Bertz CT molecular complexity index is 809. The second-order valence-electron chi connectivity index (χ2n) is 7.38. The van der Waals surface area contributed by atoms with Crippen LogP contribution in [0, 0.1) is 5.92 Å². The first-order valence-corrected chi connectivity index (χ1v) is 10.5. The van der Waals surface area contributed by atoms with Crippen LogP contribution in [0.1, 0.15) is 50.4 Å². The summed E-state index contributed by atoms with van der Waals surface area (Å²) >= 11 is 0. The number of nitrogens with one attached hydrogen (secondary N) is 1. The Kier molecular flexibility index (Phi) is 8.41. The number of amides is 2. The van der Waals surface area contributed by atoms with E-state index < -0.39 is 29.4 Å². The van der Waals surface area contributed by atoms with E-state index in [-0.39, 0.29) is 32.0 Å². The number of carbonyl (C=O) groups excluding carboxylic acids is 3. The van der Waals surface area contributed by atoms with Crippen molar-refractivity contribution in [2.75, 3.05) is 26.3 Å². The zero-order valence-corrected chi connectivity index (χ0v) is 18.2. The number of hydrogen-bond donors (Lipinski definition) is 2. The van der Waals surface area contributed by atoms with E-state index in [1.807, 2.05) is 0 Å². The molecule has 170 valence electrons. The quantitative estimate of drug-likeness (QED) is 0.452. The number of likely N-dealkylation sites (N-methyl/N-ethyl adjacent to an activating group) is 1. The molecule has 0 radical (unpaired) electrons. The number of carboxylic acid groups (broad SMARTS) is 1. The molecule has 9 heteroatoms. The van der Waals surface area contributed by atoms with Crippen molar-refractivity contribution in [2.45, 2.75) is 45.6 Å². The van der Waals surface area contributed by atoms with Crippen molar-refractivity contribution in [3.05, 3.63) is 29.8 Å². The van der Waals surface area contributed by atoms with E-state index in [1.165, 1.54) is 0 Å². The van der Waals surface area contributed by atoms with Gasteiger partial charge in [0, 0.05) is 18.7 Å². The van der Waals surface area contributed by atoms with Crippen molar-refractivity contribution in [2.24, 2.45) is 5.92 Å². The minimum atomic E-state index is -1.46. The van der Waals surface area contributed by atoms with Gasteiger partial charge in [-0.2, -0.15) is 0 Å². The van der Waals surface area contributed by atoms with Gasteiger partial charge in [0.05, 0.1) is 12.5 Å². The summed E-state index contributed by atoms with van der Waals surface area (Å²) in [4.78, 5) is 50.8. The molecule has 1 fully saturated rings. The fraction of sp³-hybridized carbons (Fsp3) is 0.545. The van der Waals surface area contributed by atoms with Crippen LogP contribution in [0.15, 0.2) is 24.3 Å². The maximum atomic E-state index is 13.3. The van der Waals surface area contributed by atoms with Gasteiger partial charge in [-0.05, 0) is 57.4 Å². The van der Waals surface area contributed by atoms with Crippen molar-refractivity contribution < 1.29 is 33.8 Å². The monoisotopic (exact) mass is 434 g/mol. The smallest absolute Gasteiger partial charge is 0.408 e. The fourth-order valence-electron chi connectivity index (χ4n) is 3.99. The van der Waals surface area contributed by atoms with Crippen molar-refractivity contribution in [3.63, 3.8) is 0 Å². The van der Waals surface area contributed by atoms with Gasteiger partial charge in [0.2, 0.25) is 5.91 Å². The Balaban J connectivity index is 2.25. The third-order valence-electron chi connectivity index (χ3n) is 5.54. The molecule has 0 aromatic heterocycles. The topological polar surface area (TPSA) is 122 Å². The molecule has 2 N–H and O–H groups in total. The molecule has 1 saturated heterocycles. The molecule has 2 amide bonds. The van der Waals surface area contributed by atoms with E-state index in [0.717, 1.165) is 4.90 Å². The highest BCUT2D eigenvalue weighted by Gasteiger charge is 2.54. The van der Waals surface area contributed by atoms with Crippen LogP contribution < -0.4 is 10.1 Å². The molecule has 1 aromatic carbocycles.